The van der Waals surface area contributed by atoms with Crippen molar-refractivity contribution in [1.29, 1.82) is 0 Å². The average Bonchev–Trinajstić information content (AvgIpc) is 3.15. The SMILES string of the molecule is CSc1nc(C)c(CC(=O)N[C@H](C)c2nc(-c3ccccc3C)no2)c(=O)[nH]1. The quantitative estimate of drug-likeness (QED) is 0.484. The van der Waals surface area contributed by atoms with Gasteiger partial charge in [0.2, 0.25) is 17.6 Å². The molecule has 1 amide bonds. The Labute approximate surface area is 166 Å². The van der Waals surface area contributed by atoms with Crippen molar-refractivity contribution in [3.63, 3.8) is 0 Å². The fourth-order valence-corrected chi connectivity index (χ4v) is 3.17. The largest absolute Gasteiger partial charge is 0.344 e. The van der Waals surface area contributed by atoms with Crippen LogP contribution in [0.25, 0.3) is 11.4 Å². The van der Waals surface area contributed by atoms with Gasteiger partial charge in [-0.2, -0.15) is 4.98 Å². The van der Waals surface area contributed by atoms with Crippen molar-refractivity contribution in [3.8, 4) is 11.4 Å². The number of nitrogens with zero attached hydrogens (tertiary/aromatic N) is 3. The number of aryl methyl sites for hydroxylation is 2. The van der Waals surface area contributed by atoms with Crippen molar-refractivity contribution >= 4 is 17.7 Å². The minimum atomic E-state index is -0.490. The van der Waals surface area contributed by atoms with Crippen LogP contribution in [0.15, 0.2) is 38.7 Å². The van der Waals surface area contributed by atoms with Gasteiger partial charge in [-0.15, -0.1) is 0 Å². The molecule has 0 fully saturated rings. The van der Waals surface area contributed by atoms with E-state index in [2.05, 4.69) is 25.4 Å². The first-order chi connectivity index (χ1) is 13.4. The van der Waals surface area contributed by atoms with E-state index in [-0.39, 0.29) is 17.9 Å². The highest BCUT2D eigenvalue weighted by molar-refractivity contribution is 7.98. The fraction of sp³-hybridized carbons (Fsp3) is 0.316. The number of amides is 1. The number of carbonyl (C=O) groups excluding carboxylic acids is 1. The molecule has 9 heteroatoms. The minimum Gasteiger partial charge on any atom is -0.344 e. The van der Waals surface area contributed by atoms with Crippen LogP contribution in [0.5, 0.6) is 0 Å². The van der Waals surface area contributed by atoms with E-state index in [0.717, 1.165) is 11.1 Å². The van der Waals surface area contributed by atoms with Gasteiger partial charge in [-0.1, -0.05) is 41.2 Å². The molecule has 28 heavy (non-hydrogen) atoms. The summed E-state index contributed by atoms with van der Waals surface area (Å²) in [4.78, 5) is 35.9. The Morgan fingerprint density at radius 3 is 2.71 bits per heavy atom. The minimum absolute atomic E-state index is 0.0774. The molecule has 1 aromatic carbocycles. The maximum Gasteiger partial charge on any atom is 0.255 e. The van der Waals surface area contributed by atoms with E-state index in [1.165, 1.54) is 11.8 Å². The number of thioether (sulfide) groups is 1. The number of rotatable bonds is 6. The lowest BCUT2D eigenvalue weighted by molar-refractivity contribution is -0.121. The van der Waals surface area contributed by atoms with Crippen LogP contribution in [-0.4, -0.2) is 32.3 Å². The number of benzene rings is 1. The van der Waals surface area contributed by atoms with E-state index in [1.54, 1.807) is 13.8 Å². The number of nitrogens with one attached hydrogen (secondary N) is 2. The number of aromatic amines is 1. The van der Waals surface area contributed by atoms with Crippen LogP contribution in [0.4, 0.5) is 0 Å². The summed E-state index contributed by atoms with van der Waals surface area (Å²) in [6, 6.07) is 7.23. The van der Waals surface area contributed by atoms with Crippen LogP contribution < -0.4 is 10.9 Å². The van der Waals surface area contributed by atoms with Crippen LogP contribution >= 0.6 is 11.8 Å². The summed E-state index contributed by atoms with van der Waals surface area (Å²) in [7, 11) is 0. The van der Waals surface area contributed by atoms with Crippen LogP contribution in [0, 0.1) is 13.8 Å². The monoisotopic (exact) mass is 399 g/mol. The average molecular weight is 399 g/mol. The van der Waals surface area contributed by atoms with Gasteiger partial charge < -0.3 is 14.8 Å². The number of hydrogen-bond acceptors (Lipinski definition) is 7. The summed E-state index contributed by atoms with van der Waals surface area (Å²) in [5.41, 5.74) is 2.48. The Morgan fingerprint density at radius 2 is 2.04 bits per heavy atom. The summed E-state index contributed by atoms with van der Waals surface area (Å²) in [6.07, 6.45) is 1.74. The number of H-pyrrole nitrogens is 1. The van der Waals surface area contributed by atoms with Gasteiger partial charge in [0.1, 0.15) is 6.04 Å². The smallest absolute Gasteiger partial charge is 0.255 e. The Kier molecular flexibility index (Phi) is 5.93. The molecule has 3 aromatic rings. The van der Waals surface area contributed by atoms with Gasteiger partial charge in [-0.25, -0.2) is 4.98 Å². The molecule has 0 aliphatic heterocycles. The van der Waals surface area contributed by atoms with Gasteiger partial charge in [0.25, 0.3) is 5.56 Å². The third kappa shape index (κ3) is 4.30. The van der Waals surface area contributed by atoms with Crippen LogP contribution in [-0.2, 0) is 11.2 Å². The van der Waals surface area contributed by atoms with Gasteiger partial charge in [0.15, 0.2) is 5.16 Å². The molecular weight excluding hydrogens is 378 g/mol. The van der Waals surface area contributed by atoms with Crippen LogP contribution in [0.2, 0.25) is 0 Å². The predicted molar refractivity (Wildman–Crippen MR) is 106 cm³/mol. The molecule has 0 saturated heterocycles. The molecule has 8 nitrogen and oxygen atoms in total. The first-order valence-corrected chi connectivity index (χ1v) is 9.94. The fourth-order valence-electron chi connectivity index (χ4n) is 2.75. The Morgan fingerprint density at radius 1 is 1.29 bits per heavy atom. The second-order valence-corrected chi connectivity index (χ2v) is 7.17. The zero-order valence-corrected chi connectivity index (χ0v) is 16.9. The molecule has 146 valence electrons. The van der Waals surface area contributed by atoms with Crippen molar-refractivity contribution in [2.45, 2.75) is 38.4 Å². The number of aromatic nitrogens is 4. The Bertz CT molecular complexity index is 1060. The molecule has 1 atom stereocenters. The molecule has 0 bridgehead atoms. The van der Waals surface area contributed by atoms with E-state index in [4.69, 9.17) is 4.52 Å². The molecule has 2 heterocycles. The summed E-state index contributed by atoms with van der Waals surface area (Å²) in [5, 5.41) is 7.31. The highest BCUT2D eigenvalue weighted by atomic mass is 32.2. The summed E-state index contributed by atoms with van der Waals surface area (Å²) in [6.45, 7) is 5.43. The highest BCUT2D eigenvalue weighted by Crippen LogP contribution is 2.21. The molecule has 0 aliphatic carbocycles. The molecule has 3 rings (SSSR count). The van der Waals surface area contributed by atoms with E-state index >= 15 is 0 Å². The maximum atomic E-state index is 12.4. The van der Waals surface area contributed by atoms with Gasteiger partial charge >= 0.3 is 0 Å². The second-order valence-electron chi connectivity index (χ2n) is 6.38. The van der Waals surface area contributed by atoms with Crippen LogP contribution in [0.1, 0.15) is 35.7 Å². The zero-order chi connectivity index (χ0) is 20.3. The Hall–Kier alpha value is -2.94. The molecule has 2 aromatic heterocycles. The van der Waals surface area contributed by atoms with Gasteiger partial charge in [-0.05, 0) is 32.6 Å². The topological polar surface area (TPSA) is 114 Å². The lowest BCUT2D eigenvalue weighted by Gasteiger charge is -2.10. The molecule has 0 spiro atoms. The third-order valence-corrected chi connectivity index (χ3v) is 4.89. The van der Waals surface area contributed by atoms with Crippen molar-refractivity contribution in [2.24, 2.45) is 0 Å². The summed E-state index contributed by atoms with van der Waals surface area (Å²) < 4.78 is 5.31. The standard InChI is InChI=1S/C19H21N5O3S/c1-10-7-5-6-8-13(10)16-22-18(27-24-16)12(3)20-15(25)9-14-11(2)21-19(28-4)23-17(14)26/h5-8,12H,9H2,1-4H3,(H,20,25)(H,21,23,26)/t12-/m1/s1. The number of hydrogen-bond donors (Lipinski definition) is 2. The summed E-state index contributed by atoms with van der Waals surface area (Å²) >= 11 is 1.34. The lowest BCUT2D eigenvalue weighted by atomic mass is 10.1. The van der Waals surface area contributed by atoms with Crippen molar-refractivity contribution < 1.29 is 9.32 Å². The predicted octanol–water partition coefficient (Wildman–Crippen LogP) is 2.58. The summed E-state index contributed by atoms with van der Waals surface area (Å²) in [5.74, 6) is 0.446. The lowest BCUT2D eigenvalue weighted by Crippen LogP contribution is -2.31. The first kappa shape index (κ1) is 19.8. The zero-order valence-electron chi connectivity index (χ0n) is 16.1. The van der Waals surface area contributed by atoms with E-state index < -0.39 is 6.04 Å². The molecule has 0 aliphatic rings. The van der Waals surface area contributed by atoms with Gasteiger partial charge in [-0.3, -0.25) is 9.59 Å². The normalized spacial score (nSPS) is 12.0. The van der Waals surface area contributed by atoms with E-state index in [0.29, 0.717) is 28.1 Å². The van der Waals surface area contributed by atoms with Crippen LogP contribution in [0.3, 0.4) is 0 Å². The van der Waals surface area contributed by atoms with Gasteiger partial charge in [0.05, 0.1) is 6.42 Å². The highest BCUT2D eigenvalue weighted by Gasteiger charge is 2.20. The van der Waals surface area contributed by atoms with Gasteiger partial charge in [0, 0.05) is 16.8 Å². The third-order valence-electron chi connectivity index (χ3n) is 4.31. The maximum absolute atomic E-state index is 12.4. The molecule has 2 N–H and O–H groups in total. The number of carbonyl (C=O) groups is 1. The van der Waals surface area contributed by atoms with Crippen molar-refractivity contribution in [2.75, 3.05) is 6.26 Å². The van der Waals surface area contributed by atoms with Crippen molar-refractivity contribution in [3.05, 3.63) is 57.3 Å². The molecule has 0 radical (unpaired) electrons. The van der Waals surface area contributed by atoms with Crippen molar-refractivity contribution in [1.82, 2.24) is 25.4 Å². The molecule has 0 unspecified atom stereocenters. The Balaban J connectivity index is 1.70. The molecule has 0 saturated carbocycles. The van der Waals surface area contributed by atoms with E-state index in [9.17, 15) is 9.59 Å². The first-order valence-electron chi connectivity index (χ1n) is 8.71. The second kappa shape index (κ2) is 8.39. The molecular formula is C19H21N5O3S. The van der Waals surface area contributed by atoms with E-state index in [1.807, 2.05) is 37.4 Å².